The number of benzene rings is 1. The first-order chi connectivity index (χ1) is 14.6. The second-order valence-electron chi connectivity index (χ2n) is 7.70. The Bertz CT molecular complexity index is 992. The van der Waals surface area contributed by atoms with Crippen LogP contribution >= 0.6 is 0 Å². The van der Waals surface area contributed by atoms with Crippen LogP contribution < -0.4 is 10.2 Å². The number of hydrogen-bond acceptors (Lipinski definition) is 5. The van der Waals surface area contributed by atoms with E-state index >= 15 is 0 Å². The van der Waals surface area contributed by atoms with Crippen molar-refractivity contribution in [2.75, 3.05) is 42.9 Å². The molecule has 0 unspecified atom stereocenters. The Morgan fingerprint density at radius 2 is 1.80 bits per heavy atom. The molecule has 0 spiro atoms. The van der Waals surface area contributed by atoms with E-state index in [0.29, 0.717) is 5.69 Å². The lowest BCUT2D eigenvalue weighted by molar-refractivity contribution is 0.101. The van der Waals surface area contributed by atoms with Crippen LogP contribution in [0.25, 0.3) is 0 Å². The van der Waals surface area contributed by atoms with Gasteiger partial charge in [0.05, 0.1) is 17.1 Å². The van der Waals surface area contributed by atoms with Crippen molar-refractivity contribution < 1.29 is 4.79 Å². The summed E-state index contributed by atoms with van der Waals surface area (Å²) in [6.45, 7) is 6.83. The average molecular weight is 405 g/mol. The summed E-state index contributed by atoms with van der Waals surface area (Å²) in [6, 6.07) is 14.0. The van der Waals surface area contributed by atoms with Crippen LogP contribution in [0.4, 0.5) is 11.4 Å². The minimum Gasteiger partial charge on any atom is -0.367 e. The Kier molecular flexibility index (Phi) is 6.09. The highest BCUT2D eigenvalue weighted by molar-refractivity contribution is 6.05. The van der Waals surface area contributed by atoms with Crippen LogP contribution in [0.5, 0.6) is 0 Å². The summed E-state index contributed by atoms with van der Waals surface area (Å²) < 4.78 is 1.62. The molecule has 3 aromatic rings. The topological polar surface area (TPSA) is 66.3 Å². The monoisotopic (exact) mass is 404 g/mol. The fourth-order valence-electron chi connectivity index (χ4n) is 3.91. The van der Waals surface area contributed by atoms with Gasteiger partial charge >= 0.3 is 0 Å². The van der Waals surface area contributed by atoms with E-state index in [1.165, 1.54) is 5.56 Å². The molecule has 0 radical (unpaired) electrons. The molecule has 1 aliphatic heterocycles. The van der Waals surface area contributed by atoms with Crippen LogP contribution in [-0.2, 0) is 13.5 Å². The lowest BCUT2D eigenvalue weighted by atomic mass is 10.1. The van der Waals surface area contributed by atoms with E-state index in [0.717, 1.165) is 56.2 Å². The number of para-hydroxylation sites is 2. The number of rotatable bonds is 6. The van der Waals surface area contributed by atoms with E-state index in [-0.39, 0.29) is 5.91 Å². The molecule has 30 heavy (non-hydrogen) atoms. The third-order valence-electron chi connectivity index (χ3n) is 5.57. The van der Waals surface area contributed by atoms with Crippen molar-refractivity contribution in [1.82, 2.24) is 19.7 Å². The predicted octanol–water partition coefficient (Wildman–Crippen LogP) is 2.74. The summed E-state index contributed by atoms with van der Waals surface area (Å²) in [5.74, 6) is -0.137. The van der Waals surface area contributed by atoms with Crippen LogP contribution in [-0.4, -0.2) is 58.3 Å². The summed E-state index contributed by atoms with van der Waals surface area (Å²) in [7, 11) is 1.79. The first kappa shape index (κ1) is 20.1. The number of pyridine rings is 1. The number of aromatic nitrogens is 3. The number of amides is 1. The Hall–Kier alpha value is -3.19. The van der Waals surface area contributed by atoms with Gasteiger partial charge in [-0.15, -0.1) is 0 Å². The maximum Gasteiger partial charge on any atom is 0.273 e. The minimum absolute atomic E-state index is 0.137. The average Bonchev–Trinajstić information content (AvgIpc) is 3.12. The van der Waals surface area contributed by atoms with Crippen molar-refractivity contribution in [1.29, 1.82) is 0 Å². The molecule has 1 aromatic carbocycles. The van der Waals surface area contributed by atoms with Crippen LogP contribution in [0.3, 0.4) is 0 Å². The quantitative estimate of drug-likeness (QED) is 0.684. The van der Waals surface area contributed by atoms with E-state index in [9.17, 15) is 4.79 Å². The van der Waals surface area contributed by atoms with E-state index < -0.39 is 0 Å². The van der Waals surface area contributed by atoms with Gasteiger partial charge in [0.2, 0.25) is 0 Å². The van der Waals surface area contributed by atoms with Crippen molar-refractivity contribution in [3.8, 4) is 0 Å². The molecule has 0 saturated carbocycles. The number of nitrogens with zero attached hydrogens (tertiary/aromatic N) is 5. The minimum atomic E-state index is -0.137. The maximum atomic E-state index is 12.8. The summed E-state index contributed by atoms with van der Waals surface area (Å²) in [5, 5.41) is 7.35. The van der Waals surface area contributed by atoms with E-state index in [4.69, 9.17) is 0 Å². The highest BCUT2D eigenvalue weighted by Gasteiger charge is 2.20. The molecule has 0 bridgehead atoms. The summed E-state index contributed by atoms with van der Waals surface area (Å²) in [4.78, 5) is 21.7. The Morgan fingerprint density at radius 3 is 2.50 bits per heavy atom. The van der Waals surface area contributed by atoms with Gasteiger partial charge < -0.3 is 10.2 Å². The molecule has 1 amide bonds. The van der Waals surface area contributed by atoms with Gasteiger partial charge in [0, 0.05) is 52.2 Å². The molecular formula is C23H28N6O. The van der Waals surface area contributed by atoms with Gasteiger partial charge in [-0.3, -0.25) is 19.4 Å². The lowest BCUT2D eigenvalue weighted by Crippen LogP contribution is -2.47. The Labute approximate surface area is 177 Å². The van der Waals surface area contributed by atoms with Gasteiger partial charge in [-0.05, 0) is 49.2 Å². The molecular weight excluding hydrogens is 376 g/mol. The third kappa shape index (κ3) is 4.68. The van der Waals surface area contributed by atoms with Crippen molar-refractivity contribution in [3.05, 3.63) is 71.8 Å². The van der Waals surface area contributed by atoms with Gasteiger partial charge in [-0.2, -0.15) is 5.10 Å². The Balaban J connectivity index is 1.37. The molecule has 7 heteroatoms. The zero-order chi connectivity index (χ0) is 20.9. The van der Waals surface area contributed by atoms with Gasteiger partial charge in [-0.1, -0.05) is 12.1 Å². The number of anilines is 2. The van der Waals surface area contributed by atoms with Crippen molar-refractivity contribution in [2.24, 2.45) is 7.05 Å². The SMILES string of the molecule is Cc1cc(C(=O)Nc2ccccc2N2CCN(CCc3ccncc3)CC2)n(C)n1. The van der Waals surface area contributed by atoms with E-state index in [1.54, 1.807) is 17.8 Å². The smallest absolute Gasteiger partial charge is 0.273 e. The van der Waals surface area contributed by atoms with Crippen LogP contribution in [0.15, 0.2) is 54.9 Å². The molecule has 1 N–H and O–H groups in total. The lowest BCUT2D eigenvalue weighted by Gasteiger charge is -2.37. The van der Waals surface area contributed by atoms with Crippen LogP contribution in [0.2, 0.25) is 0 Å². The molecule has 156 valence electrons. The standard InChI is InChI=1S/C23H28N6O/c1-18-17-22(27(2)26-18)23(30)25-20-5-3-4-6-21(20)29-15-13-28(14-16-29)12-9-19-7-10-24-11-8-19/h3-8,10-11,17H,9,12-16H2,1-2H3,(H,25,30). The molecule has 1 saturated heterocycles. The number of carbonyl (C=O) groups is 1. The summed E-state index contributed by atoms with van der Waals surface area (Å²) in [6.07, 6.45) is 4.75. The molecule has 1 fully saturated rings. The van der Waals surface area contributed by atoms with Gasteiger partial charge in [-0.25, -0.2) is 0 Å². The molecule has 1 aliphatic rings. The molecule has 0 atom stereocenters. The largest absolute Gasteiger partial charge is 0.367 e. The zero-order valence-electron chi connectivity index (χ0n) is 17.6. The fraction of sp³-hybridized carbons (Fsp3) is 0.348. The van der Waals surface area contributed by atoms with Gasteiger partial charge in [0.1, 0.15) is 5.69 Å². The first-order valence-corrected chi connectivity index (χ1v) is 10.4. The second-order valence-corrected chi connectivity index (χ2v) is 7.70. The zero-order valence-corrected chi connectivity index (χ0v) is 17.6. The van der Waals surface area contributed by atoms with Gasteiger partial charge in [0.25, 0.3) is 5.91 Å². The third-order valence-corrected chi connectivity index (χ3v) is 5.57. The second kappa shape index (κ2) is 9.09. The summed E-state index contributed by atoms with van der Waals surface area (Å²) in [5.41, 5.74) is 4.62. The number of piperazine rings is 1. The highest BCUT2D eigenvalue weighted by atomic mass is 16.2. The normalized spacial score (nSPS) is 14.7. The molecule has 7 nitrogen and oxygen atoms in total. The van der Waals surface area contributed by atoms with Crippen molar-refractivity contribution in [3.63, 3.8) is 0 Å². The van der Waals surface area contributed by atoms with E-state index in [1.807, 2.05) is 37.5 Å². The Morgan fingerprint density at radius 1 is 1.07 bits per heavy atom. The number of aryl methyl sites for hydroxylation is 2. The van der Waals surface area contributed by atoms with Gasteiger partial charge in [0.15, 0.2) is 0 Å². The molecule has 0 aliphatic carbocycles. The first-order valence-electron chi connectivity index (χ1n) is 10.4. The van der Waals surface area contributed by atoms with Crippen LogP contribution in [0, 0.1) is 6.92 Å². The van der Waals surface area contributed by atoms with Crippen molar-refractivity contribution in [2.45, 2.75) is 13.3 Å². The number of carbonyl (C=O) groups excluding carboxylic acids is 1. The molecule has 3 heterocycles. The maximum absolute atomic E-state index is 12.8. The highest BCUT2D eigenvalue weighted by Crippen LogP contribution is 2.27. The molecule has 4 rings (SSSR count). The van der Waals surface area contributed by atoms with Crippen molar-refractivity contribution >= 4 is 17.3 Å². The fourth-order valence-corrected chi connectivity index (χ4v) is 3.91. The predicted molar refractivity (Wildman–Crippen MR) is 119 cm³/mol. The number of hydrogen-bond donors (Lipinski definition) is 1. The number of nitrogens with one attached hydrogen (secondary N) is 1. The molecule has 2 aromatic heterocycles. The van der Waals surface area contributed by atoms with E-state index in [2.05, 4.69) is 43.4 Å². The van der Waals surface area contributed by atoms with Crippen LogP contribution in [0.1, 0.15) is 21.7 Å². The summed E-state index contributed by atoms with van der Waals surface area (Å²) >= 11 is 0.